The van der Waals surface area contributed by atoms with Crippen LogP contribution < -0.4 is 0 Å². The molecular weight excluding hydrogens is 139 g/mol. The van der Waals surface area contributed by atoms with Crippen molar-refractivity contribution >= 4 is 7.69 Å². The predicted octanol–water partition coefficient (Wildman–Crippen LogP) is 0.486. The van der Waals surface area contributed by atoms with E-state index in [0.29, 0.717) is 0 Å². The minimum Gasteiger partial charge on any atom is -0.430 e. The highest BCUT2D eigenvalue weighted by atomic mass is 16.4. The molecule has 0 aliphatic rings. The van der Waals surface area contributed by atoms with Crippen LogP contribution in [0.4, 0.5) is 0 Å². The molecule has 60 valence electrons. The van der Waals surface area contributed by atoms with Crippen LogP contribution in [0.25, 0.3) is 0 Å². The van der Waals surface area contributed by atoms with Crippen LogP contribution in [-0.4, -0.2) is 17.7 Å². The number of rotatable bonds is 1. The Morgan fingerprint density at radius 3 is 1.91 bits per heavy atom. The third kappa shape index (κ3) is 5.64. The maximum atomic E-state index is 7.12. The molecule has 0 saturated carbocycles. The van der Waals surface area contributed by atoms with Gasteiger partial charge in [0.15, 0.2) is 0 Å². The van der Waals surface area contributed by atoms with Gasteiger partial charge in [-0.15, -0.1) is 0 Å². The Bertz CT molecular complexity index is 165. The zero-order valence-corrected chi connectivity index (χ0v) is 6.70. The molecular formula is C8H13BO2. The topological polar surface area (TPSA) is 40.5 Å². The molecule has 2 nitrogen and oxygen atoms in total. The first kappa shape index (κ1) is 10.2. The standard InChI is InChI=1S/C8H10.BH3O2/c1-2-8-6-4-3-5-7-8;2-1-3/h3-7H,2H2,1H3;1-3H. The van der Waals surface area contributed by atoms with E-state index >= 15 is 0 Å². The molecule has 1 rings (SSSR count). The van der Waals surface area contributed by atoms with Crippen LogP contribution >= 0.6 is 0 Å². The van der Waals surface area contributed by atoms with Gasteiger partial charge in [0.2, 0.25) is 0 Å². The first-order valence-electron chi connectivity index (χ1n) is 3.60. The van der Waals surface area contributed by atoms with E-state index in [4.69, 9.17) is 10.0 Å². The molecule has 0 unspecified atom stereocenters. The van der Waals surface area contributed by atoms with Crippen molar-refractivity contribution < 1.29 is 10.0 Å². The van der Waals surface area contributed by atoms with E-state index in [2.05, 4.69) is 31.2 Å². The predicted molar refractivity (Wildman–Crippen MR) is 47.4 cm³/mol. The van der Waals surface area contributed by atoms with Gasteiger partial charge in [0.05, 0.1) is 0 Å². The van der Waals surface area contributed by atoms with Crippen molar-refractivity contribution in [2.75, 3.05) is 0 Å². The third-order valence-electron chi connectivity index (χ3n) is 1.25. The van der Waals surface area contributed by atoms with E-state index in [-0.39, 0.29) is 0 Å². The average Bonchev–Trinajstić information content (AvgIpc) is 2.08. The zero-order valence-electron chi connectivity index (χ0n) is 6.70. The van der Waals surface area contributed by atoms with Gasteiger partial charge in [0.25, 0.3) is 0 Å². The van der Waals surface area contributed by atoms with Crippen molar-refractivity contribution in [3.05, 3.63) is 35.9 Å². The van der Waals surface area contributed by atoms with Crippen molar-refractivity contribution in [3.8, 4) is 0 Å². The molecule has 0 bridgehead atoms. The molecule has 2 N–H and O–H groups in total. The van der Waals surface area contributed by atoms with Gasteiger partial charge in [-0.2, -0.15) is 0 Å². The van der Waals surface area contributed by atoms with E-state index in [1.54, 1.807) is 0 Å². The molecule has 0 amide bonds. The number of aryl methyl sites for hydroxylation is 1. The molecule has 0 aliphatic heterocycles. The third-order valence-corrected chi connectivity index (χ3v) is 1.25. The highest BCUT2D eigenvalue weighted by Crippen LogP contribution is 1.96. The second kappa shape index (κ2) is 7.31. The SMILES string of the molecule is CCc1ccccc1.OBO. The summed E-state index contributed by atoms with van der Waals surface area (Å²) in [6.07, 6.45) is 1.14. The quantitative estimate of drug-likeness (QED) is 0.574. The second-order valence-electron chi connectivity index (χ2n) is 1.98. The van der Waals surface area contributed by atoms with Crippen molar-refractivity contribution in [1.29, 1.82) is 0 Å². The Labute approximate surface area is 67.8 Å². The van der Waals surface area contributed by atoms with Gasteiger partial charge in [-0.3, -0.25) is 0 Å². The van der Waals surface area contributed by atoms with Crippen LogP contribution in [0.5, 0.6) is 0 Å². The summed E-state index contributed by atoms with van der Waals surface area (Å²) in [6.45, 7) is 2.16. The van der Waals surface area contributed by atoms with Gasteiger partial charge < -0.3 is 10.0 Å². The normalized spacial score (nSPS) is 7.91. The van der Waals surface area contributed by atoms with Gasteiger partial charge in [0.1, 0.15) is 0 Å². The Morgan fingerprint density at radius 2 is 1.64 bits per heavy atom. The van der Waals surface area contributed by atoms with Gasteiger partial charge in [-0.1, -0.05) is 37.3 Å². The van der Waals surface area contributed by atoms with E-state index in [0.717, 1.165) is 6.42 Å². The monoisotopic (exact) mass is 152 g/mol. The summed E-state index contributed by atoms with van der Waals surface area (Å²) in [5, 5.41) is 14.2. The molecule has 0 aromatic heterocycles. The highest BCUT2D eigenvalue weighted by molar-refractivity contribution is 6.13. The summed E-state index contributed by atoms with van der Waals surface area (Å²) in [5.74, 6) is 0. The van der Waals surface area contributed by atoms with Crippen molar-refractivity contribution in [2.24, 2.45) is 0 Å². The summed E-state index contributed by atoms with van der Waals surface area (Å²) in [7, 11) is -0.750. The summed E-state index contributed by atoms with van der Waals surface area (Å²) in [4.78, 5) is 0. The first-order chi connectivity index (χ1) is 5.35. The molecule has 1 aromatic rings. The van der Waals surface area contributed by atoms with E-state index in [9.17, 15) is 0 Å². The van der Waals surface area contributed by atoms with E-state index in [1.165, 1.54) is 5.56 Å². The lowest BCUT2D eigenvalue weighted by atomic mass is 10.2. The maximum absolute atomic E-state index is 7.12. The van der Waals surface area contributed by atoms with Crippen LogP contribution in [0.15, 0.2) is 30.3 Å². The average molecular weight is 152 g/mol. The van der Waals surface area contributed by atoms with Gasteiger partial charge in [0, 0.05) is 0 Å². The molecule has 0 heterocycles. The number of hydrogen-bond donors (Lipinski definition) is 2. The molecule has 11 heavy (non-hydrogen) atoms. The summed E-state index contributed by atoms with van der Waals surface area (Å²) < 4.78 is 0. The zero-order chi connectivity index (χ0) is 8.53. The fourth-order valence-corrected chi connectivity index (χ4v) is 0.714. The van der Waals surface area contributed by atoms with E-state index in [1.807, 2.05) is 6.07 Å². The van der Waals surface area contributed by atoms with Crippen molar-refractivity contribution in [2.45, 2.75) is 13.3 Å². The Balaban J connectivity index is 0.000000292. The van der Waals surface area contributed by atoms with Crippen LogP contribution in [0, 0.1) is 0 Å². The molecule has 0 radical (unpaired) electrons. The summed E-state index contributed by atoms with van der Waals surface area (Å²) in [5.41, 5.74) is 1.41. The number of benzene rings is 1. The van der Waals surface area contributed by atoms with Crippen molar-refractivity contribution in [1.82, 2.24) is 0 Å². The smallest absolute Gasteiger partial charge is 0.430 e. The lowest BCUT2D eigenvalue weighted by molar-refractivity contribution is 0.448. The first-order valence-corrected chi connectivity index (χ1v) is 3.60. The van der Waals surface area contributed by atoms with E-state index < -0.39 is 7.69 Å². The Kier molecular flexibility index (Phi) is 6.78. The number of hydrogen-bond acceptors (Lipinski definition) is 2. The molecule has 0 atom stereocenters. The molecule has 0 spiro atoms. The van der Waals surface area contributed by atoms with Crippen molar-refractivity contribution in [3.63, 3.8) is 0 Å². The molecule has 0 aliphatic carbocycles. The van der Waals surface area contributed by atoms with Crippen LogP contribution in [0.2, 0.25) is 0 Å². The van der Waals surface area contributed by atoms with Crippen LogP contribution in [0.1, 0.15) is 12.5 Å². The fraction of sp³-hybridized carbons (Fsp3) is 0.250. The molecule has 0 fully saturated rings. The minimum absolute atomic E-state index is 0.750. The lowest BCUT2D eigenvalue weighted by Crippen LogP contribution is -1.75. The fourth-order valence-electron chi connectivity index (χ4n) is 0.714. The minimum atomic E-state index is -0.750. The largest absolute Gasteiger partial charge is 0.432 e. The molecule has 1 aromatic carbocycles. The van der Waals surface area contributed by atoms with Gasteiger partial charge >= 0.3 is 7.69 Å². The lowest BCUT2D eigenvalue weighted by Gasteiger charge is -1.89. The second-order valence-corrected chi connectivity index (χ2v) is 1.98. The Morgan fingerprint density at radius 1 is 1.18 bits per heavy atom. The Hall–Kier alpha value is -0.795. The maximum Gasteiger partial charge on any atom is 0.432 e. The molecule has 3 heteroatoms. The molecule has 0 saturated heterocycles. The van der Waals surface area contributed by atoms with Gasteiger partial charge in [-0.05, 0) is 12.0 Å². The summed E-state index contributed by atoms with van der Waals surface area (Å²) in [6, 6.07) is 10.5. The van der Waals surface area contributed by atoms with Gasteiger partial charge in [-0.25, -0.2) is 0 Å². The van der Waals surface area contributed by atoms with Crippen LogP contribution in [-0.2, 0) is 6.42 Å². The summed E-state index contributed by atoms with van der Waals surface area (Å²) >= 11 is 0. The highest BCUT2D eigenvalue weighted by Gasteiger charge is 1.79. The van der Waals surface area contributed by atoms with Crippen LogP contribution in [0.3, 0.4) is 0 Å².